The summed E-state index contributed by atoms with van der Waals surface area (Å²) in [6.45, 7) is 3.50. The van der Waals surface area contributed by atoms with E-state index >= 15 is 0 Å². The lowest BCUT2D eigenvalue weighted by Gasteiger charge is -2.34. The number of aromatic carboxylic acids is 1. The van der Waals surface area contributed by atoms with Crippen molar-refractivity contribution in [2.24, 2.45) is 0 Å². The van der Waals surface area contributed by atoms with E-state index in [1.165, 1.54) is 0 Å². The molecule has 7 nitrogen and oxygen atoms in total. The Hall–Kier alpha value is -3.87. The zero-order valence-corrected chi connectivity index (χ0v) is 14.8. The number of pyridine rings is 2. The van der Waals surface area contributed by atoms with E-state index in [-0.39, 0.29) is 5.69 Å². The number of allylic oxidation sites excluding steroid dienone is 2. The van der Waals surface area contributed by atoms with Gasteiger partial charge in [0.25, 0.3) is 5.91 Å². The van der Waals surface area contributed by atoms with Crippen molar-refractivity contribution in [1.29, 1.82) is 0 Å². The highest BCUT2D eigenvalue weighted by Crippen LogP contribution is 2.41. The van der Waals surface area contributed by atoms with Crippen LogP contribution in [-0.4, -0.2) is 36.7 Å². The molecule has 0 aromatic carbocycles. The molecule has 3 heterocycles. The molecule has 0 aliphatic heterocycles. The van der Waals surface area contributed by atoms with Crippen LogP contribution in [-0.2, 0) is 11.8 Å². The average Bonchev–Trinajstić information content (AvgIpc) is 3.13. The maximum absolute atomic E-state index is 12.3. The van der Waals surface area contributed by atoms with E-state index < -0.39 is 17.3 Å². The molecule has 0 fully saturated rings. The number of carbonyl (C=O) groups is 2. The number of nitrogens with zero attached hydrogens (tertiary/aromatic N) is 4. The molecule has 1 aliphatic carbocycles. The highest BCUT2D eigenvalue weighted by molar-refractivity contribution is 5.95. The Morgan fingerprint density at radius 1 is 1.14 bits per heavy atom. The number of fused-ring (bicyclic) bond motifs is 1. The summed E-state index contributed by atoms with van der Waals surface area (Å²) in [4.78, 5) is 32.5. The molecule has 3 aromatic rings. The molecule has 28 heavy (non-hydrogen) atoms. The van der Waals surface area contributed by atoms with Gasteiger partial charge in [-0.3, -0.25) is 14.8 Å². The first-order valence-corrected chi connectivity index (χ1v) is 8.59. The fourth-order valence-electron chi connectivity index (χ4n) is 3.60. The third-order valence-corrected chi connectivity index (χ3v) is 4.94. The van der Waals surface area contributed by atoms with Crippen molar-refractivity contribution < 1.29 is 14.7 Å². The zero-order chi connectivity index (χ0) is 19.7. The molecule has 7 heteroatoms. The average molecular weight is 372 g/mol. The van der Waals surface area contributed by atoms with E-state index in [1.54, 1.807) is 30.9 Å². The van der Waals surface area contributed by atoms with Gasteiger partial charge in [0.05, 0.1) is 5.69 Å². The zero-order valence-electron chi connectivity index (χ0n) is 14.8. The molecule has 0 radical (unpaired) electrons. The van der Waals surface area contributed by atoms with E-state index in [0.717, 1.165) is 21.9 Å². The quantitative estimate of drug-likeness (QED) is 0.707. The predicted octanol–water partition coefficient (Wildman–Crippen LogP) is 2.75. The van der Waals surface area contributed by atoms with E-state index in [9.17, 15) is 14.7 Å². The van der Waals surface area contributed by atoms with Gasteiger partial charge in [0.2, 0.25) is 0 Å². The molecular weight excluding hydrogens is 356 g/mol. The minimum atomic E-state index is -1.19. The van der Waals surface area contributed by atoms with Crippen LogP contribution in [0.3, 0.4) is 0 Å². The molecule has 0 atom stereocenters. The van der Waals surface area contributed by atoms with Crippen molar-refractivity contribution in [3.63, 3.8) is 0 Å². The highest BCUT2D eigenvalue weighted by atomic mass is 16.4. The lowest BCUT2D eigenvalue weighted by molar-refractivity contribution is 0.0689. The number of rotatable bonds is 4. The van der Waals surface area contributed by atoms with Crippen LogP contribution in [0, 0.1) is 0 Å². The van der Waals surface area contributed by atoms with Gasteiger partial charge >= 0.3 is 5.97 Å². The van der Waals surface area contributed by atoms with Gasteiger partial charge in [-0.15, -0.1) is 0 Å². The first kappa shape index (κ1) is 17.5. The molecule has 0 unspecified atom stereocenters. The van der Waals surface area contributed by atoms with Crippen LogP contribution < -0.4 is 0 Å². The molecule has 0 amide bonds. The molecule has 0 spiro atoms. The van der Waals surface area contributed by atoms with E-state index in [1.807, 2.05) is 30.3 Å². The van der Waals surface area contributed by atoms with Crippen molar-refractivity contribution in [3.05, 3.63) is 95.9 Å². The van der Waals surface area contributed by atoms with Gasteiger partial charge in [-0.2, -0.15) is 9.78 Å². The van der Waals surface area contributed by atoms with Gasteiger partial charge < -0.3 is 5.11 Å². The fourth-order valence-corrected chi connectivity index (χ4v) is 3.60. The minimum Gasteiger partial charge on any atom is -0.476 e. The summed E-state index contributed by atoms with van der Waals surface area (Å²) >= 11 is 0. The Morgan fingerprint density at radius 2 is 1.79 bits per heavy atom. The van der Waals surface area contributed by atoms with Crippen molar-refractivity contribution in [2.45, 2.75) is 11.8 Å². The summed E-state index contributed by atoms with van der Waals surface area (Å²) in [7, 11) is 0. The van der Waals surface area contributed by atoms with Crippen LogP contribution in [0.15, 0.2) is 67.8 Å². The second-order valence-electron chi connectivity index (χ2n) is 6.43. The van der Waals surface area contributed by atoms with Gasteiger partial charge in [0.1, 0.15) is 0 Å². The lowest BCUT2D eigenvalue weighted by atomic mass is 9.69. The van der Waals surface area contributed by atoms with Gasteiger partial charge in [0, 0.05) is 42.2 Å². The summed E-state index contributed by atoms with van der Waals surface area (Å²) in [5.41, 5.74) is 1.92. The van der Waals surface area contributed by atoms with Crippen LogP contribution in [0.4, 0.5) is 0 Å². The molecule has 0 bridgehead atoms. The Labute approximate surface area is 160 Å². The maximum Gasteiger partial charge on any atom is 0.357 e. The second kappa shape index (κ2) is 6.70. The smallest absolute Gasteiger partial charge is 0.357 e. The molecule has 0 saturated heterocycles. The largest absolute Gasteiger partial charge is 0.476 e. The van der Waals surface area contributed by atoms with E-state index in [4.69, 9.17) is 0 Å². The summed E-state index contributed by atoms with van der Waals surface area (Å²) in [6, 6.07) is 7.57. The van der Waals surface area contributed by atoms with Crippen molar-refractivity contribution in [3.8, 4) is 0 Å². The van der Waals surface area contributed by atoms with Gasteiger partial charge in [-0.25, -0.2) is 4.79 Å². The van der Waals surface area contributed by atoms with Crippen molar-refractivity contribution >= 4 is 18.0 Å². The van der Waals surface area contributed by atoms with Gasteiger partial charge in [-0.05, 0) is 29.3 Å². The van der Waals surface area contributed by atoms with Crippen LogP contribution in [0.25, 0.3) is 6.08 Å². The van der Waals surface area contributed by atoms with E-state index in [2.05, 4.69) is 21.6 Å². The SMILES string of the molecule is C=CC(=O)n1nc(C(=O)O)c2c1CC(c1cccnc1)(c1cccnc1)C=C2. The Morgan fingerprint density at radius 3 is 2.29 bits per heavy atom. The highest BCUT2D eigenvalue weighted by Gasteiger charge is 2.39. The predicted molar refractivity (Wildman–Crippen MR) is 102 cm³/mol. The molecule has 1 N–H and O–H groups in total. The third kappa shape index (κ3) is 2.64. The van der Waals surface area contributed by atoms with Gasteiger partial charge in [-0.1, -0.05) is 30.9 Å². The summed E-state index contributed by atoms with van der Waals surface area (Å²) in [5.74, 6) is -1.67. The minimum absolute atomic E-state index is 0.160. The number of hydrogen-bond acceptors (Lipinski definition) is 5. The topological polar surface area (TPSA) is 98.0 Å². The van der Waals surface area contributed by atoms with Crippen LogP contribution in [0.5, 0.6) is 0 Å². The molecular formula is C21H16N4O3. The Balaban J connectivity index is 1.97. The van der Waals surface area contributed by atoms with Crippen LogP contribution >= 0.6 is 0 Å². The number of carboxylic acid groups (broad SMARTS) is 1. The number of aromatic nitrogens is 4. The molecule has 4 rings (SSSR count). The summed E-state index contributed by atoms with van der Waals surface area (Å²) in [6.07, 6.45) is 12.0. The van der Waals surface area contributed by atoms with Crippen molar-refractivity contribution in [1.82, 2.24) is 19.7 Å². The third-order valence-electron chi connectivity index (χ3n) is 4.94. The molecule has 138 valence electrons. The van der Waals surface area contributed by atoms with Crippen LogP contribution in [0.2, 0.25) is 0 Å². The molecule has 1 aliphatic rings. The van der Waals surface area contributed by atoms with Gasteiger partial charge in [0.15, 0.2) is 5.69 Å². The van der Waals surface area contributed by atoms with E-state index in [0.29, 0.717) is 17.7 Å². The first-order chi connectivity index (χ1) is 13.6. The Bertz CT molecular complexity index is 1060. The number of carboxylic acids is 1. The molecule has 3 aromatic heterocycles. The Kier molecular flexibility index (Phi) is 4.19. The lowest BCUT2D eigenvalue weighted by Crippen LogP contribution is -2.32. The van der Waals surface area contributed by atoms with Crippen molar-refractivity contribution in [2.75, 3.05) is 0 Å². The number of hydrogen-bond donors (Lipinski definition) is 1. The molecule has 0 saturated carbocycles. The summed E-state index contributed by atoms with van der Waals surface area (Å²) < 4.78 is 1.12. The number of carbonyl (C=O) groups excluding carboxylic acids is 1. The maximum atomic E-state index is 12.3. The fraction of sp³-hybridized carbons (Fsp3) is 0.0952. The second-order valence-corrected chi connectivity index (χ2v) is 6.43. The van der Waals surface area contributed by atoms with Crippen LogP contribution in [0.1, 0.15) is 37.7 Å². The normalized spacial score (nSPS) is 14.3. The standard InChI is InChI=1S/C21H16N4O3/c1-2-18(26)25-17-11-21(14-5-3-9-22-12-14,15-6-4-10-23-13-15)8-7-16(17)19(24-25)20(27)28/h2-10,12-13H,1,11H2,(H,27,28). The summed E-state index contributed by atoms with van der Waals surface area (Å²) in [5, 5.41) is 13.5. The first-order valence-electron chi connectivity index (χ1n) is 8.59. The monoisotopic (exact) mass is 372 g/mol.